The highest BCUT2D eigenvalue weighted by Gasteiger charge is 2.25. The van der Waals surface area contributed by atoms with Crippen LogP contribution in [0.1, 0.15) is 33.9 Å². The predicted octanol–water partition coefficient (Wildman–Crippen LogP) is 3.30. The summed E-state index contributed by atoms with van der Waals surface area (Å²) in [6, 6.07) is 6.79. The second kappa shape index (κ2) is 9.27. The van der Waals surface area contributed by atoms with Crippen LogP contribution in [0.4, 0.5) is 4.39 Å². The first-order valence-electron chi connectivity index (χ1n) is 8.34. The number of halogens is 2. The molecule has 0 spiro atoms. The number of hydrogen-bond acceptors (Lipinski definition) is 4. The Morgan fingerprint density at radius 3 is 2.80 bits per heavy atom. The number of thiazole rings is 1. The van der Waals surface area contributed by atoms with Gasteiger partial charge in [-0.2, -0.15) is 0 Å². The summed E-state index contributed by atoms with van der Waals surface area (Å²) in [6.45, 7) is 2.03. The maximum atomic E-state index is 13.3. The molecule has 0 radical (unpaired) electrons. The van der Waals surface area contributed by atoms with Crippen LogP contribution in [0, 0.1) is 11.7 Å². The Hall–Kier alpha value is -1.50. The molecule has 1 amide bonds. The topological polar surface area (TPSA) is 59.2 Å². The number of piperidine rings is 1. The van der Waals surface area contributed by atoms with Crippen LogP contribution in [0.3, 0.4) is 0 Å². The lowest BCUT2D eigenvalue weighted by Gasteiger charge is -2.31. The van der Waals surface area contributed by atoms with Gasteiger partial charge in [-0.15, -0.1) is 23.7 Å². The van der Waals surface area contributed by atoms with Crippen molar-refractivity contribution in [1.29, 1.82) is 0 Å². The fraction of sp³-hybridized carbons (Fsp3) is 0.444. The molecule has 0 bridgehead atoms. The molecular formula is C18H23ClFN3OS. The van der Waals surface area contributed by atoms with Crippen LogP contribution in [0.5, 0.6) is 0 Å². The smallest absolute Gasteiger partial charge is 0.273 e. The maximum Gasteiger partial charge on any atom is 0.273 e. The lowest BCUT2D eigenvalue weighted by atomic mass is 9.90. The molecule has 1 aliphatic heterocycles. The van der Waals surface area contributed by atoms with Crippen LogP contribution >= 0.6 is 23.7 Å². The molecule has 1 saturated heterocycles. The monoisotopic (exact) mass is 383 g/mol. The minimum atomic E-state index is -0.183. The number of carbonyl (C=O) groups excluding carboxylic acids is 1. The highest BCUT2D eigenvalue weighted by atomic mass is 35.5. The highest BCUT2D eigenvalue weighted by molar-refractivity contribution is 7.09. The highest BCUT2D eigenvalue weighted by Crippen LogP contribution is 2.23. The van der Waals surface area contributed by atoms with E-state index in [2.05, 4.69) is 4.98 Å². The van der Waals surface area contributed by atoms with Crippen molar-refractivity contribution in [2.24, 2.45) is 11.7 Å². The Balaban J connectivity index is 0.00000225. The van der Waals surface area contributed by atoms with Crippen molar-refractivity contribution < 1.29 is 9.18 Å². The SMILES string of the molecule is Cl.NCCc1nc(C(=O)N2CCC(Cc3cccc(F)c3)CC2)cs1. The third-order valence-corrected chi connectivity index (χ3v) is 5.35. The van der Waals surface area contributed by atoms with Crippen molar-refractivity contribution in [3.05, 3.63) is 51.7 Å². The van der Waals surface area contributed by atoms with Gasteiger partial charge in [-0.05, 0) is 49.4 Å². The summed E-state index contributed by atoms with van der Waals surface area (Å²) in [5.41, 5.74) is 7.09. The van der Waals surface area contributed by atoms with Gasteiger partial charge < -0.3 is 10.6 Å². The Bertz CT molecular complexity index is 701. The number of nitrogens with zero attached hydrogens (tertiary/aromatic N) is 2. The second-order valence-electron chi connectivity index (χ2n) is 6.23. The van der Waals surface area contributed by atoms with Gasteiger partial charge in [-0.1, -0.05) is 12.1 Å². The van der Waals surface area contributed by atoms with Gasteiger partial charge in [0.15, 0.2) is 0 Å². The van der Waals surface area contributed by atoms with Gasteiger partial charge in [0.25, 0.3) is 5.91 Å². The van der Waals surface area contributed by atoms with E-state index < -0.39 is 0 Å². The molecule has 0 saturated carbocycles. The van der Waals surface area contributed by atoms with E-state index in [4.69, 9.17) is 5.73 Å². The van der Waals surface area contributed by atoms with E-state index in [0.717, 1.165) is 42.9 Å². The van der Waals surface area contributed by atoms with E-state index in [1.807, 2.05) is 16.3 Å². The van der Waals surface area contributed by atoms with Crippen LogP contribution in [0.2, 0.25) is 0 Å². The van der Waals surface area contributed by atoms with Crippen LogP contribution in [0.15, 0.2) is 29.6 Å². The van der Waals surface area contributed by atoms with E-state index in [-0.39, 0.29) is 24.1 Å². The number of carbonyl (C=O) groups is 1. The summed E-state index contributed by atoms with van der Waals surface area (Å²) in [7, 11) is 0. The first-order valence-corrected chi connectivity index (χ1v) is 9.22. The first-order chi connectivity index (χ1) is 11.7. The zero-order chi connectivity index (χ0) is 16.9. The number of nitrogens with two attached hydrogens (primary N) is 1. The van der Waals surface area contributed by atoms with Gasteiger partial charge in [-0.25, -0.2) is 9.37 Å². The molecule has 3 rings (SSSR count). The molecule has 25 heavy (non-hydrogen) atoms. The van der Waals surface area contributed by atoms with Crippen LogP contribution in [-0.2, 0) is 12.8 Å². The van der Waals surface area contributed by atoms with Crippen molar-refractivity contribution in [1.82, 2.24) is 9.88 Å². The normalized spacial score (nSPS) is 15.0. The Morgan fingerprint density at radius 2 is 2.12 bits per heavy atom. The first kappa shape index (κ1) is 19.8. The molecule has 1 aliphatic rings. The van der Waals surface area contributed by atoms with E-state index in [1.54, 1.807) is 12.1 Å². The summed E-state index contributed by atoms with van der Waals surface area (Å²) >= 11 is 1.50. The van der Waals surface area contributed by atoms with E-state index in [0.29, 0.717) is 24.6 Å². The summed E-state index contributed by atoms with van der Waals surface area (Å²) in [5, 5.41) is 2.74. The molecule has 136 valence electrons. The third kappa shape index (κ3) is 5.23. The quantitative estimate of drug-likeness (QED) is 0.861. The Morgan fingerprint density at radius 1 is 1.36 bits per heavy atom. The van der Waals surface area contributed by atoms with Crippen LogP contribution in [-0.4, -0.2) is 35.4 Å². The predicted molar refractivity (Wildman–Crippen MR) is 101 cm³/mol. The Labute approximate surface area is 157 Å². The number of likely N-dealkylation sites (tertiary alicyclic amines) is 1. The molecule has 2 heterocycles. The van der Waals surface area contributed by atoms with Crippen LogP contribution in [0.25, 0.3) is 0 Å². The second-order valence-corrected chi connectivity index (χ2v) is 7.18. The molecule has 7 heteroatoms. The summed E-state index contributed by atoms with van der Waals surface area (Å²) < 4.78 is 13.3. The van der Waals surface area contributed by atoms with Crippen molar-refractivity contribution in [3.8, 4) is 0 Å². The molecule has 4 nitrogen and oxygen atoms in total. The van der Waals surface area contributed by atoms with Gasteiger partial charge in [0, 0.05) is 24.9 Å². The number of benzene rings is 1. The lowest BCUT2D eigenvalue weighted by Crippen LogP contribution is -2.39. The van der Waals surface area contributed by atoms with Gasteiger partial charge in [0.2, 0.25) is 0 Å². The van der Waals surface area contributed by atoms with Crippen molar-refractivity contribution in [2.75, 3.05) is 19.6 Å². The van der Waals surface area contributed by atoms with E-state index in [9.17, 15) is 9.18 Å². The number of hydrogen-bond donors (Lipinski definition) is 1. The van der Waals surface area contributed by atoms with Crippen molar-refractivity contribution in [2.45, 2.75) is 25.7 Å². The molecule has 1 aromatic carbocycles. The zero-order valence-electron chi connectivity index (χ0n) is 14.0. The fourth-order valence-corrected chi connectivity index (χ4v) is 3.93. The Kier molecular flexibility index (Phi) is 7.35. The minimum Gasteiger partial charge on any atom is -0.337 e. The average molecular weight is 384 g/mol. The third-order valence-electron chi connectivity index (χ3n) is 4.44. The molecule has 2 aromatic rings. The van der Waals surface area contributed by atoms with E-state index >= 15 is 0 Å². The number of aromatic nitrogens is 1. The largest absolute Gasteiger partial charge is 0.337 e. The van der Waals surface area contributed by atoms with Gasteiger partial charge >= 0.3 is 0 Å². The van der Waals surface area contributed by atoms with Gasteiger partial charge in [0.05, 0.1) is 5.01 Å². The summed E-state index contributed by atoms with van der Waals surface area (Å²) in [6.07, 6.45) is 3.48. The zero-order valence-corrected chi connectivity index (χ0v) is 15.6. The molecular weight excluding hydrogens is 361 g/mol. The maximum absolute atomic E-state index is 13.3. The lowest BCUT2D eigenvalue weighted by molar-refractivity contribution is 0.0685. The fourth-order valence-electron chi connectivity index (χ4n) is 3.15. The average Bonchev–Trinajstić information content (AvgIpc) is 3.04. The van der Waals surface area contributed by atoms with Crippen LogP contribution < -0.4 is 5.73 Å². The standard InChI is InChI=1S/C18H22FN3OS.ClH/c19-15-3-1-2-14(11-15)10-13-5-8-22(9-6-13)18(23)16-12-24-17(21-16)4-7-20;/h1-3,11-13H,4-10,20H2;1H. The van der Waals surface area contributed by atoms with Gasteiger partial charge in [0.1, 0.15) is 11.5 Å². The molecule has 0 aliphatic carbocycles. The molecule has 0 atom stereocenters. The van der Waals surface area contributed by atoms with Gasteiger partial charge in [-0.3, -0.25) is 4.79 Å². The molecule has 0 unspecified atom stereocenters. The number of amides is 1. The van der Waals surface area contributed by atoms with E-state index in [1.165, 1.54) is 17.4 Å². The van der Waals surface area contributed by atoms with Crippen molar-refractivity contribution >= 4 is 29.7 Å². The van der Waals surface area contributed by atoms with Crippen molar-refractivity contribution in [3.63, 3.8) is 0 Å². The molecule has 1 fully saturated rings. The minimum absolute atomic E-state index is 0. The summed E-state index contributed by atoms with van der Waals surface area (Å²) in [5.74, 6) is 0.328. The molecule has 1 aromatic heterocycles. The molecule has 2 N–H and O–H groups in total. The summed E-state index contributed by atoms with van der Waals surface area (Å²) in [4.78, 5) is 18.8. The number of rotatable bonds is 5.